The minimum Gasteiger partial charge on any atom is -0.345 e. The molecule has 0 aromatic rings. The second kappa shape index (κ2) is 16.4. The standard InChI is InChI=1S/C25H51N2O/c1-4-6-7-8-9-10-11-12-13-14-15-16-17-18-19-20-21-25-26-22-23-27(25,5-2)24(3)28/h24,28H,4-23H2,1-3H3/q+1. The molecule has 166 valence electrons. The predicted octanol–water partition coefficient (Wildman–Crippen LogP) is 7.23. The Labute approximate surface area is 176 Å². The Morgan fingerprint density at radius 1 is 0.750 bits per heavy atom. The van der Waals surface area contributed by atoms with Crippen molar-refractivity contribution in [3.05, 3.63) is 0 Å². The van der Waals surface area contributed by atoms with Gasteiger partial charge in [0, 0.05) is 13.3 Å². The fraction of sp³-hybridized carbons (Fsp3) is 0.960. The molecular formula is C25H51N2O+. The second-order valence-corrected chi connectivity index (χ2v) is 9.06. The summed E-state index contributed by atoms with van der Waals surface area (Å²) in [5.41, 5.74) is 0. The number of amidine groups is 1. The van der Waals surface area contributed by atoms with Gasteiger partial charge >= 0.3 is 0 Å². The van der Waals surface area contributed by atoms with Gasteiger partial charge in [0.2, 0.25) is 5.84 Å². The smallest absolute Gasteiger partial charge is 0.200 e. The van der Waals surface area contributed by atoms with Crippen LogP contribution in [0, 0.1) is 0 Å². The molecule has 0 radical (unpaired) electrons. The van der Waals surface area contributed by atoms with Crippen LogP contribution < -0.4 is 0 Å². The van der Waals surface area contributed by atoms with Crippen LogP contribution in [0.4, 0.5) is 0 Å². The predicted molar refractivity (Wildman–Crippen MR) is 124 cm³/mol. The number of aliphatic hydroxyl groups excluding tert-OH is 1. The SMILES string of the molecule is CCCCCCCCCCCCCCCCCCC1=NCC[N+]1(CC)C(C)O. The van der Waals surface area contributed by atoms with Crippen LogP contribution in [0.5, 0.6) is 0 Å². The van der Waals surface area contributed by atoms with Crippen molar-refractivity contribution in [1.29, 1.82) is 0 Å². The van der Waals surface area contributed by atoms with Crippen LogP contribution in [0.25, 0.3) is 0 Å². The fourth-order valence-corrected chi connectivity index (χ4v) is 4.77. The Kier molecular flexibility index (Phi) is 15.0. The lowest BCUT2D eigenvalue weighted by molar-refractivity contribution is -0.882. The van der Waals surface area contributed by atoms with E-state index >= 15 is 0 Å². The van der Waals surface area contributed by atoms with Gasteiger partial charge in [0.15, 0.2) is 6.23 Å². The largest absolute Gasteiger partial charge is 0.345 e. The molecule has 3 nitrogen and oxygen atoms in total. The zero-order valence-corrected chi connectivity index (χ0v) is 19.6. The van der Waals surface area contributed by atoms with Gasteiger partial charge in [-0.25, -0.2) is 4.99 Å². The Bertz CT molecular complexity index is 394. The van der Waals surface area contributed by atoms with E-state index in [0.29, 0.717) is 0 Å². The van der Waals surface area contributed by atoms with Crippen LogP contribution in [0.2, 0.25) is 0 Å². The van der Waals surface area contributed by atoms with Gasteiger partial charge in [-0.15, -0.1) is 0 Å². The van der Waals surface area contributed by atoms with Crippen molar-refractivity contribution < 1.29 is 9.59 Å². The molecule has 0 saturated heterocycles. The lowest BCUT2D eigenvalue weighted by Gasteiger charge is -2.36. The minimum absolute atomic E-state index is 0.313. The van der Waals surface area contributed by atoms with Crippen LogP contribution in [0.3, 0.4) is 0 Å². The summed E-state index contributed by atoms with van der Waals surface area (Å²) >= 11 is 0. The van der Waals surface area contributed by atoms with Crippen molar-refractivity contribution in [2.24, 2.45) is 4.99 Å². The Morgan fingerprint density at radius 3 is 1.57 bits per heavy atom. The molecule has 0 bridgehead atoms. The minimum atomic E-state index is -0.313. The third-order valence-corrected chi connectivity index (χ3v) is 6.84. The third kappa shape index (κ3) is 9.87. The molecule has 0 saturated carbocycles. The molecule has 0 amide bonds. The molecule has 2 atom stereocenters. The lowest BCUT2D eigenvalue weighted by Crippen LogP contribution is -2.56. The second-order valence-electron chi connectivity index (χ2n) is 9.06. The van der Waals surface area contributed by atoms with Crippen LogP contribution >= 0.6 is 0 Å². The summed E-state index contributed by atoms with van der Waals surface area (Å²) in [6.07, 6.45) is 23.4. The summed E-state index contributed by atoms with van der Waals surface area (Å²) in [5.74, 6) is 1.25. The number of aliphatic imine (C=N–C) groups is 1. The number of quaternary nitrogens is 1. The van der Waals surface area contributed by atoms with E-state index in [9.17, 15) is 5.11 Å². The molecule has 2 unspecified atom stereocenters. The number of hydrogen-bond donors (Lipinski definition) is 1. The molecule has 0 spiro atoms. The highest BCUT2D eigenvalue weighted by Gasteiger charge is 2.40. The molecule has 0 fully saturated rings. The Hall–Kier alpha value is -0.410. The van der Waals surface area contributed by atoms with Crippen LogP contribution in [-0.2, 0) is 0 Å². The third-order valence-electron chi connectivity index (χ3n) is 6.84. The molecule has 1 rings (SSSR count). The first-order valence-electron chi connectivity index (χ1n) is 12.8. The number of unbranched alkanes of at least 4 members (excludes halogenated alkanes) is 15. The molecule has 1 aliphatic rings. The van der Waals surface area contributed by atoms with Crippen molar-refractivity contribution in [3.8, 4) is 0 Å². The van der Waals surface area contributed by atoms with Gasteiger partial charge in [0.05, 0.1) is 13.1 Å². The van der Waals surface area contributed by atoms with Crippen molar-refractivity contribution in [2.75, 3.05) is 19.6 Å². The van der Waals surface area contributed by atoms with Gasteiger partial charge in [0.25, 0.3) is 0 Å². The molecule has 0 aromatic carbocycles. The molecule has 1 aliphatic heterocycles. The summed E-state index contributed by atoms with van der Waals surface area (Å²) in [5, 5.41) is 10.2. The van der Waals surface area contributed by atoms with Gasteiger partial charge in [-0.3, -0.25) is 4.48 Å². The molecule has 1 heterocycles. The van der Waals surface area contributed by atoms with Crippen molar-refractivity contribution in [3.63, 3.8) is 0 Å². The first kappa shape index (κ1) is 25.6. The van der Waals surface area contributed by atoms with E-state index in [0.717, 1.165) is 30.5 Å². The van der Waals surface area contributed by atoms with Crippen molar-refractivity contribution in [2.45, 2.75) is 136 Å². The van der Waals surface area contributed by atoms with Crippen LogP contribution in [0.1, 0.15) is 130 Å². The Morgan fingerprint density at radius 2 is 1.18 bits per heavy atom. The lowest BCUT2D eigenvalue weighted by atomic mass is 10.0. The number of aliphatic hydroxyl groups is 1. The summed E-state index contributed by atoms with van der Waals surface area (Å²) in [6, 6.07) is 0. The Balaban J connectivity index is 1.87. The zero-order chi connectivity index (χ0) is 20.5. The number of likely N-dealkylation sites (N-methyl/N-ethyl adjacent to an activating group) is 1. The van der Waals surface area contributed by atoms with Gasteiger partial charge in [0.1, 0.15) is 6.54 Å². The first-order chi connectivity index (χ1) is 13.7. The summed E-state index contributed by atoms with van der Waals surface area (Å²) in [7, 11) is 0. The summed E-state index contributed by atoms with van der Waals surface area (Å²) < 4.78 is 0.721. The summed E-state index contributed by atoms with van der Waals surface area (Å²) in [4.78, 5) is 4.72. The number of nitrogens with zero attached hydrogens (tertiary/aromatic N) is 2. The first-order valence-corrected chi connectivity index (χ1v) is 12.8. The van der Waals surface area contributed by atoms with Crippen LogP contribution in [-0.4, -0.2) is 41.3 Å². The van der Waals surface area contributed by atoms with E-state index in [1.165, 1.54) is 109 Å². The van der Waals surface area contributed by atoms with E-state index in [1.54, 1.807) is 0 Å². The molecule has 3 heteroatoms. The monoisotopic (exact) mass is 395 g/mol. The maximum Gasteiger partial charge on any atom is 0.200 e. The zero-order valence-electron chi connectivity index (χ0n) is 19.6. The van der Waals surface area contributed by atoms with Crippen molar-refractivity contribution in [1.82, 2.24) is 0 Å². The van der Waals surface area contributed by atoms with Crippen LogP contribution in [0.15, 0.2) is 4.99 Å². The van der Waals surface area contributed by atoms with Gasteiger partial charge in [-0.1, -0.05) is 103 Å². The van der Waals surface area contributed by atoms with E-state index in [-0.39, 0.29) is 6.23 Å². The molecule has 28 heavy (non-hydrogen) atoms. The van der Waals surface area contributed by atoms with Gasteiger partial charge < -0.3 is 5.11 Å². The average Bonchev–Trinajstić information content (AvgIpc) is 3.12. The highest BCUT2D eigenvalue weighted by atomic mass is 16.3. The molecule has 1 N–H and O–H groups in total. The quantitative estimate of drug-likeness (QED) is 0.182. The highest BCUT2D eigenvalue weighted by Crippen LogP contribution is 2.23. The maximum atomic E-state index is 10.2. The average molecular weight is 396 g/mol. The maximum absolute atomic E-state index is 10.2. The number of rotatable bonds is 19. The molecular weight excluding hydrogens is 344 g/mol. The van der Waals surface area contributed by atoms with Gasteiger partial charge in [-0.2, -0.15) is 0 Å². The van der Waals surface area contributed by atoms with E-state index < -0.39 is 0 Å². The van der Waals surface area contributed by atoms with E-state index in [4.69, 9.17) is 4.99 Å². The fourth-order valence-electron chi connectivity index (χ4n) is 4.77. The molecule has 0 aromatic heterocycles. The normalized spacial score (nSPS) is 20.5. The van der Waals surface area contributed by atoms with Gasteiger partial charge in [-0.05, 0) is 13.3 Å². The highest BCUT2D eigenvalue weighted by molar-refractivity contribution is 5.76. The van der Waals surface area contributed by atoms with E-state index in [1.807, 2.05) is 6.92 Å². The number of hydrogen-bond acceptors (Lipinski definition) is 2. The summed E-state index contributed by atoms with van der Waals surface area (Å²) in [6.45, 7) is 9.25. The van der Waals surface area contributed by atoms with E-state index in [2.05, 4.69) is 13.8 Å². The topological polar surface area (TPSA) is 32.6 Å². The molecule has 0 aliphatic carbocycles. The van der Waals surface area contributed by atoms with Crippen molar-refractivity contribution >= 4 is 5.84 Å².